The van der Waals surface area contributed by atoms with Crippen LogP contribution in [0.3, 0.4) is 0 Å². The fourth-order valence-electron chi connectivity index (χ4n) is 2.90. The van der Waals surface area contributed by atoms with Crippen molar-refractivity contribution in [2.45, 2.75) is 25.8 Å². The second kappa shape index (κ2) is 6.22. The van der Waals surface area contributed by atoms with Crippen LogP contribution in [0.4, 0.5) is 0 Å². The monoisotopic (exact) mass is 300 g/mol. The molecule has 1 fully saturated rings. The van der Waals surface area contributed by atoms with Crippen LogP contribution in [0.2, 0.25) is 0 Å². The SMILES string of the molecule is CC[C@H]1CC(=O)N[C@@H]1COc1nccc2ccc(OC)cc12. The summed E-state index contributed by atoms with van der Waals surface area (Å²) in [6.45, 7) is 2.53. The summed E-state index contributed by atoms with van der Waals surface area (Å²) in [5, 5.41) is 4.94. The molecule has 1 aromatic carbocycles. The molecule has 116 valence electrons. The topological polar surface area (TPSA) is 60.5 Å². The fourth-order valence-corrected chi connectivity index (χ4v) is 2.90. The maximum Gasteiger partial charge on any atom is 0.221 e. The molecule has 2 atom stereocenters. The zero-order valence-corrected chi connectivity index (χ0v) is 12.8. The van der Waals surface area contributed by atoms with Gasteiger partial charge in [-0.1, -0.05) is 19.4 Å². The minimum absolute atomic E-state index is 0.0557. The van der Waals surface area contributed by atoms with Gasteiger partial charge in [-0.3, -0.25) is 4.79 Å². The molecule has 1 saturated heterocycles. The van der Waals surface area contributed by atoms with Gasteiger partial charge < -0.3 is 14.8 Å². The molecular weight excluding hydrogens is 280 g/mol. The first-order chi connectivity index (χ1) is 10.7. The van der Waals surface area contributed by atoms with Crippen molar-refractivity contribution in [1.29, 1.82) is 0 Å². The van der Waals surface area contributed by atoms with Gasteiger partial charge in [0.25, 0.3) is 0 Å². The van der Waals surface area contributed by atoms with Crippen molar-refractivity contribution >= 4 is 16.7 Å². The van der Waals surface area contributed by atoms with E-state index in [1.807, 2.05) is 24.3 Å². The van der Waals surface area contributed by atoms with Crippen LogP contribution in [0.5, 0.6) is 11.6 Å². The highest BCUT2D eigenvalue weighted by Gasteiger charge is 2.31. The third-order valence-electron chi connectivity index (χ3n) is 4.22. The van der Waals surface area contributed by atoms with Crippen molar-refractivity contribution in [2.24, 2.45) is 5.92 Å². The number of benzene rings is 1. The average molecular weight is 300 g/mol. The van der Waals surface area contributed by atoms with Gasteiger partial charge >= 0.3 is 0 Å². The summed E-state index contributed by atoms with van der Waals surface area (Å²) in [5.74, 6) is 1.78. The van der Waals surface area contributed by atoms with Crippen molar-refractivity contribution in [3.05, 3.63) is 30.5 Å². The number of pyridine rings is 1. The molecule has 3 rings (SSSR count). The molecule has 1 aliphatic rings. The van der Waals surface area contributed by atoms with Crippen molar-refractivity contribution in [3.8, 4) is 11.6 Å². The van der Waals surface area contributed by atoms with E-state index < -0.39 is 0 Å². The zero-order chi connectivity index (χ0) is 15.5. The third-order valence-corrected chi connectivity index (χ3v) is 4.22. The van der Waals surface area contributed by atoms with E-state index >= 15 is 0 Å². The van der Waals surface area contributed by atoms with Gasteiger partial charge in [-0.25, -0.2) is 4.98 Å². The molecule has 1 aromatic heterocycles. The molecule has 1 amide bonds. The van der Waals surface area contributed by atoms with Gasteiger partial charge in [0.15, 0.2) is 0 Å². The summed E-state index contributed by atoms with van der Waals surface area (Å²) in [4.78, 5) is 15.9. The Morgan fingerprint density at radius 3 is 3.00 bits per heavy atom. The number of ether oxygens (including phenoxy) is 2. The Morgan fingerprint density at radius 2 is 2.23 bits per heavy atom. The third kappa shape index (κ3) is 2.84. The number of carbonyl (C=O) groups is 1. The summed E-state index contributed by atoms with van der Waals surface area (Å²) in [6, 6.07) is 7.81. The minimum Gasteiger partial charge on any atom is -0.497 e. The minimum atomic E-state index is 0.0557. The van der Waals surface area contributed by atoms with Crippen LogP contribution in [0.15, 0.2) is 30.5 Å². The molecule has 0 saturated carbocycles. The highest BCUT2D eigenvalue weighted by molar-refractivity contribution is 5.88. The van der Waals surface area contributed by atoms with Gasteiger partial charge in [0.2, 0.25) is 11.8 Å². The lowest BCUT2D eigenvalue weighted by molar-refractivity contribution is -0.119. The van der Waals surface area contributed by atoms with Gasteiger partial charge in [0.1, 0.15) is 12.4 Å². The van der Waals surface area contributed by atoms with Crippen LogP contribution >= 0.6 is 0 Å². The molecule has 0 spiro atoms. The smallest absolute Gasteiger partial charge is 0.221 e. The molecule has 0 aliphatic carbocycles. The number of nitrogens with zero attached hydrogens (tertiary/aromatic N) is 1. The number of carbonyl (C=O) groups excluding carboxylic acids is 1. The molecule has 0 bridgehead atoms. The van der Waals surface area contributed by atoms with E-state index in [4.69, 9.17) is 9.47 Å². The maximum absolute atomic E-state index is 11.5. The second-order valence-corrected chi connectivity index (χ2v) is 5.56. The summed E-state index contributed by atoms with van der Waals surface area (Å²) in [6.07, 6.45) is 3.28. The van der Waals surface area contributed by atoms with Crippen molar-refractivity contribution < 1.29 is 14.3 Å². The number of methoxy groups -OCH3 is 1. The molecule has 2 heterocycles. The Labute approximate surface area is 129 Å². The predicted molar refractivity (Wildman–Crippen MR) is 84.1 cm³/mol. The van der Waals surface area contributed by atoms with E-state index in [9.17, 15) is 4.79 Å². The quantitative estimate of drug-likeness (QED) is 0.922. The summed E-state index contributed by atoms with van der Waals surface area (Å²) >= 11 is 0. The number of nitrogens with one attached hydrogen (secondary N) is 1. The maximum atomic E-state index is 11.5. The van der Waals surface area contributed by atoms with E-state index in [0.29, 0.717) is 24.8 Å². The second-order valence-electron chi connectivity index (χ2n) is 5.56. The lowest BCUT2D eigenvalue weighted by atomic mass is 9.98. The molecule has 5 nitrogen and oxygen atoms in total. The zero-order valence-electron chi connectivity index (χ0n) is 12.8. The molecule has 0 radical (unpaired) electrons. The van der Waals surface area contributed by atoms with E-state index in [0.717, 1.165) is 22.9 Å². The predicted octanol–water partition coefficient (Wildman–Crippen LogP) is 2.54. The van der Waals surface area contributed by atoms with E-state index in [2.05, 4.69) is 17.2 Å². The van der Waals surface area contributed by atoms with Crippen molar-refractivity contribution in [3.63, 3.8) is 0 Å². The molecule has 1 N–H and O–H groups in total. The van der Waals surface area contributed by atoms with Gasteiger partial charge in [-0.2, -0.15) is 0 Å². The van der Waals surface area contributed by atoms with Gasteiger partial charge in [-0.15, -0.1) is 0 Å². The van der Waals surface area contributed by atoms with Crippen LogP contribution in [0, 0.1) is 5.92 Å². The van der Waals surface area contributed by atoms with E-state index in [1.165, 1.54) is 0 Å². The highest BCUT2D eigenvalue weighted by atomic mass is 16.5. The Kier molecular flexibility index (Phi) is 4.13. The van der Waals surface area contributed by atoms with Crippen LogP contribution < -0.4 is 14.8 Å². The standard InChI is InChI=1S/C17H20N2O3/c1-3-11-8-16(20)19-15(11)10-22-17-14-9-13(21-2)5-4-12(14)6-7-18-17/h4-7,9,11,15H,3,8,10H2,1-2H3,(H,19,20)/t11-,15+/m0/s1. The van der Waals surface area contributed by atoms with E-state index in [1.54, 1.807) is 13.3 Å². The Morgan fingerprint density at radius 1 is 1.36 bits per heavy atom. The van der Waals surface area contributed by atoms with E-state index in [-0.39, 0.29) is 11.9 Å². The molecular formula is C17H20N2O3. The summed E-state index contributed by atoms with van der Waals surface area (Å²) < 4.78 is 11.2. The highest BCUT2D eigenvalue weighted by Crippen LogP contribution is 2.28. The Balaban J connectivity index is 1.80. The molecule has 2 aromatic rings. The number of fused-ring (bicyclic) bond motifs is 1. The van der Waals surface area contributed by atoms with Crippen LogP contribution in [0.1, 0.15) is 19.8 Å². The molecule has 1 aliphatic heterocycles. The first-order valence-electron chi connectivity index (χ1n) is 7.56. The molecule has 0 unspecified atom stereocenters. The largest absolute Gasteiger partial charge is 0.497 e. The van der Waals surface area contributed by atoms with Gasteiger partial charge in [0.05, 0.1) is 13.2 Å². The van der Waals surface area contributed by atoms with Crippen molar-refractivity contribution in [2.75, 3.05) is 13.7 Å². The van der Waals surface area contributed by atoms with Gasteiger partial charge in [-0.05, 0) is 29.5 Å². The van der Waals surface area contributed by atoms with Crippen LogP contribution in [-0.4, -0.2) is 30.6 Å². The van der Waals surface area contributed by atoms with Crippen LogP contribution in [-0.2, 0) is 4.79 Å². The summed E-state index contributed by atoms with van der Waals surface area (Å²) in [5.41, 5.74) is 0. The number of amides is 1. The fraction of sp³-hybridized carbons (Fsp3) is 0.412. The lowest BCUT2D eigenvalue weighted by Crippen LogP contribution is -2.34. The summed E-state index contributed by atoms with van der Waals surface area (Å²) in [7, 11) is 1.64. The number of rotatable bonds is 5. The molecule has 5 heteroatoms. The Bertz CT molecular complexity index is 687. The van der Waals surface area contributed by atoms with Gasteiger partial charge in [0, 0.05) is 18.0 Å². The van der Waals surface area contributed by atoms with Crippen LogP contribution in [0.25, 0.3) is 10.8 Å². The number of hydrogen-bond acceptors (Lipinski definition) is 4. The van der Waals surface area contributed by atoms with Crippen molar-refractivity contribution in [1.82, 2.24) is 10.3 Å². The number of aromatic nitrogens is 1. The average Bonchev–Trinajstić information content (AvgIpc) is 2.92. The Hall–Kier alpha value is -2.30. The normalized spacial score (nSPS) is 20.9. The number of hydrogen-bond donors (Lipinski definition) is 1. The molecule has 22 heavy (non-hydrogen) atoms. The lowest BCUT2D eigenvalue weighted by Gasteiger charge is -2.18. The first kappa shape index (κ1) is 14.6. The first-order valence-corrected chi connectivity index (χ1v) is 7.56.